The summed E-state index contributed by atoms with van der Waals surface area (Å²) >= 11 is 0. The fraction of sp³-hybridized carbons (Fsp3) is 0.895. The van der Waals surface area contributed by atoms with E-state index in [0.717, 1.165) is 47.3 Å². The highest BCUT2D eigenvalue weighted by molar-refractivity contribution is 5.19. The number of hydrogen-bond acceptors (Lipinski definition) is 0. The fourth-order valence-electron chi connectivity index (χ4n) is 6.73. The Morgan fingerprint density at radius 2 is 1.84 bits per heavy atom. The van der Waals surface area contributed by atoms with Crippen LogP contribution in [-0.4, -0.2) is 0 Å². The van der Waals surface area contributed by atoms with Crippen molar-refractivity contribution < 1.29 is 0 Å². The van der Waals surface area contributed by atoms with Crippen LogP contribution in [0.2, 0.25) is 0 Å². The molecule has 4 unspecified atom stereocenters. The van der Waals surface area contributed by atoms with Gasteiger partial charge < -0.3 is 0 Å². The summed E-state index contributed by atoms with van der Waals surface area (Å²) in [5.74, 6) is 7.99. The smallest absolute Gasteiger partial charge is 0.0163 e. The number of fused-ring (bicyclic) bond motifs is 5. The van der Waals surface area contributed by atoms with Gasteiger partial charge in [-0.1, -0.05) is 39.8 Å². The summed E-state index contributed by atoms with van der Waals surface area (Å²) < 4.78 is 0. The van der Waals surface area contributed by atoms with Crippen LogP contribution in [0, 0.1) is 52.8 Å². The lowest BCUT2D eigenvalue weighted by atomic mass is 9.65. The van der Waals surface area contributed by atoms with Crippen LogP contribution in [-0.2, 0) is 0 Å². The summed E-state index contributed by atoms with van der Waals surface area (Å²) in [7, 11) is 0. The lowest BCUT2D eigenvalue weighted by Crippen LogP contribution is -2.34. The molecular weight excluding hydrogens is 228 g/mol. The molecule has 4 aliphatic rings. The van der Waals surface area contributed by atoms with E-state index in [1.54, 1.807) is 0 Å². The zero-order chi connectivity index (χ0) is 13.4. The Morgan fingerprint density at radius 1 is 1.05 bits per heavy atom. The van der Waals surface area contributed by atoms with Crippen molar-refractivity contribution in [1.29, 1.82) is 0 Å². The maximum Gasteiger partial charge on any atom is -0.0163 e. The van der Waals surface area contributed by atoms with Gasteiger partial charge in [-0.25, -0.2) is 0 Å². The highest BCUT2D eigenvalue weighted by Gasteiger charge is 2.65. The van der Waals surface area contributed by atoms with E-state index in [4.69, 9.17) is 0 Å². The molecule has 0 aromatic heterocycles. The molecule has 0 heterocycles. The van der Waals surface area contributed by atoms with E-state index in [9.17, 15) is 0 Å². The first-order valence-electron chi connectivity index (χ1n) is 8.66. The summed E-state index contributed by atoms with van der Waals surface area (Å²) in [4.78, 5) is 0. The summed E-state index contributed by atoms with van der Waals surface area (Å²) in [5.41, 5.74) is 0.641. The molecule has 4 aliphatic carbocycles. The Labute approximate surface area is 119 Å². The van der Waals surface area contributed by atoms with Crippen LogP contribution in [0.5, 0.6) is 0 Å². The second-order valence-corrected chi connectivity index (χ2v) is 8.99. The average molecular weight is 258 g/mol. The maximum atomic E-state index is 2.66. The fourth-order valence-corrected chi connectivity index (χ4v) is 6.73. The molecule has 0 radical (unpaired) electrons. The van der Waals surface area contributed by atoms with Crippen LogP contribution in [0.25, 0.3) is 0 Å². The van der Waals surface area contributed by atoms with Gasteiger partial charge >= 0.3 is 0 Å². The van der Waals surface area contributed by atoms with Gasteiger partial charge in [-0.3, -0.25) is 0 Å². The third-order valence-corrected chi connectivity index (χ3v) is 7.56. The molecule has 0 saturated heterocycles. The van der Waals surface area contributed by atoms with Gasteiger partial charge in [0, 0.05) is 0 Å². The van der Waals surface area contributed by atoms with Crippen LogP contribution < -0.4 is 0 Å². The van der Waals surface area contributed by atoms with E-state index in [1.807, 2.05) is 0 Å². The van der Waals surface area contributed by atoms with Gasteiger partial charge in [0.15, 0.2) is 0 Å². The average Bonchev–Trinajstić information content (AvgIpc) is 2.75. The first-order valence-corrected chi connectivity index (χ1v) is 8.66. The molecule has 0 nitrogen and oxygen atoms in total. The summed E-state index contributed by atoms with van der Waals surface area (Å²) in [6.45, 7) is 10.1. The van der Waals surface area contributed by atoms with Crippen molar-refractivity contribution in [2.45, 2.75) is 53.4 Å². The molecular formula is C19H30. The first kappa shape index (κ1) is 12.5. The maximum absolute atomic E-state index is 2.66. The Morgan fingerprint density at radius 3 is 2.63 bits per heavy atom. The highest BCUT2D eigenvalue weighted by Crippen LogP contribution is 2.71. The molecule has 4 rings (SSSR count). The monoisotopic (exact) mass is 258 g/mol. The van der Waals surface area contributed by atoms with Crippen molar-refractivity contribution in [2.24, 2.45) is 52.8 Å². The molecule has 0 aliphatic heterocycles. The molecule has 0 aromatic carbocycles. The normalized spacial score (nSPS) is 57.9. The molecule has 0 spiro atoms. The molecule has 3 fully saturated rings. The first-order chi connectivity index (χ1) is 9.00. The SMILES string of the molecule is CC1CC2CC=C[C@@H]3C([C@@H]2C1)[C@H](C)CC1[C@H]3C1(C)C. The second kappa shape index (κ2) is 3.89. The van der Waals surface area contributed by atoms with Gasteiger partial charge in [0.1, 0.15) is 0 Å². The minimum Gasteiger partial charge on any atom is -0.0880 e. The van der Waals surface area contributed by atoms with E-state index in [1.165, 1.54) is 25.7 Å². The van der Waals surface area contributed by atoms with Gasteiger partial charge in [0.2, 0.25) is 0 Å². The summed E-state index contributed by atoms with van der Waals surface area (Å²) in [6, 6.07) is 0. The zero-order valence-corrected chi connectivity index (χ0v) is 13.1. The van der Waals surface area contributed by atoms with E-state index in [0.29, 0.717) is 5.41 Å². The van der Waals surface area contributed by atoms with Crippen LogP contribution in [0.3, 0.4) is 0 Å². The third-order valence-electron chi connectivity index (χ3n) is 7.56. The van der Waals surface area contributed by atoms with E-state index < -0.39 is 0 Å². The molecule has 8 atom stereocenters. The lowest BCUT2D eigenvalue weighted by Gasteiger charge is -2.40. The molecule has 0 amide bonds. The van der Waals surface area contributed by atoms with Crippen molar-refractivity contribution >= 4 is 0 Å². The Hall–Kier alpha value is -0.260. The Kier molecular flexibility index (Phi) is 2.56. The molecule has 19 heavy (non-hydrogen) atoms. The van der Waals surface area contributed by atoms with Crippen molar-refractivity contribution in [3.8, 4) is 0 Å². The topological polar surface area (TPSA) is 0 Å². The van der Waals surface area contributed by atoms with Crippen molar-refractivity contribution in [3.63, 3.8) is 0 Å². The van der Waals surface area contributed by atoms with Crippen LogP contribution >= 0.6 is 0 Å². The van der Waals surface area contributed by atoms with Crippen LogP contribution in [0.15, 0.2) is 12.2 Å². The third kappa shape index (κ3) is 1.64. The van der Waals surface area contributed by atoms with E-state index in [-0.39, 0.29) is 0 Å². The van der Waals surface area contributed by atoms with Gasteiger partial charge in [-0.05, 0) is 78.4 Å². The number of allylic oxidation sites excluding steroid dienone is 2. The number of hydrogen-bond donors (Lipinski definition) is 0. The molecule has 3 saturated carbocycles. The van der Waals surface area contributed by atoms with Gasteiger partial charge in [-0.2, -0.15) is 0 Å². The Balaban J connectivity index is 1.68. The quantitative estimate of drug-likeness (QED) is 0.527. The largest absolute Gasteiger partial charge is 0.0880 e. The molecule has 0 heteroatoms. The summed E-state index contributed by atoms with van der Waals surface area (Å²) in [5, 5.41) is 0. The van der Waals surface area contributed by atoms with Gasteiger partial charge in [0.25, 0.3) is 0 Å². The molecule has 106 valence electrons. The minimum absolute atomic E-state index is 0.641. The lowest BCUT2D eigenvalue weighted by molar-refractivity contribution is 0.0994. The highest BCUT2D eigenvalue weighted by atomic mass is 14.7. The second-order valence-electron chi connectivity index (χ2n) is 8.99. The van der Waals surface area contributed by atoms with Gasteiger partial charge in [0.05, 0.1) is 0 Å². The summed E-state index contributed by atoms with van der Waals surface area (Å²) in [6.07, 6.45) is 11.2. The van der Waals surface area contributed by atoms with Crippen LogP contribution in [0.1, 0.15) is 53.4 Å². The Bertz CT molecular complexity index is 404. The number of rotatable bonds is 0. The van der Waals surface area contributed by atoms with Crippen LogP contribution in [0.4, 0.5) is 0 Å². The standard InChI is InChI=1S/C19H30/c1-11-8-13-6-5-7-14-17(15(13)9-11)12(2)10-16-18(14)19(16,3)4/h5,7,11-18H,6,8-10H2,1-4H3/t11?,12-,13?,14-,15-,16?,17?,18+/m1/s1. The molecule has 0 bridgehead atoms. The molecule has 0 aromatic rings. The van der Waals surface area contributed by atoms with Gasteiger partial charge in [-0.15, -0.1) is 0 Å². The van der Waals surface area contributed by atoms with E-state index >= 15 is 0 Å². The van der Waals surface area contributed by atoms with E-state index in [2.05, 4.69) is 39.8 Å². The van der Waals surface area contributed by atoms with Crippen molar-refractivity contribution in [1.82, 2.24) is 0 Å². The zero-order valence-electron chi connectivity index (χ0n) is 13.1. The van der Waals surface area contributed by atoms with Crippen molar-refractivity contribution in [3.05, 3.63) is 12.2 Å². The predicted octanol–water partition coefficient (Wildman–Crippen LogP) is 5.15. The predicted molar refractivity (Wildman–Crippen MR) is 80.7 cm³/mol. The molecule has 0 N–H and O–H groups in total. The van der Waals surface area contributed by atoms with Crippen molar-refractivity contribution in [2.75, 3.05) is 0 Å². The minimum atomic E-state index is 0.641.